The van der Waals surface area contributed by atoms with Gasteiger partial charge in [0.1, 0.15) is 0 Å². The van der Waals surface area contributed by atoms with Crippen molar-refractivity contribution in [2.24, 2.45) is 0 Å². The van der Waals surface area contributed by atoms with Crippen molar-refractivity contribution in [3.05, 3.63) is 70.3 Å². The van der Waals surface area contributed by atoms with Gasteiger partial charge in [-0.2, -0.15) is 5.10 Å². The Kier molecular flexibility index (Phi) is 6.39. The van der Waals surface area contributed by atoms with Crippen LogP contribution >= 0.6 is 0 Å². The second kappa shape index (κ2) is 8.99. The lowest BCUT2D eigenvalue weighted by molar-refractivity contribution is 0.0316. The highest BCUT2D eigenvalue weighted by molar-refractivity contribution is 6.04. The Morgan fingerprint density at radius 3 is 2.32 bits per heavy atom. The summed E-state index contributed by atoms with van der Waals surface area (Å²) in [6.45, 7) is 8.73. The standard InChI is InChI=1S/C23H25N3O5/c1-6-30-23(29)19-14(3)20(25-15(19)4)21(27)16(5)31-22(28)17-7-9-18(10-8-17)26-13(2)11-12-24-26/h7-12,16,25H,6H2,1-5H3/t16-/m0/s1. The van der Waals surface area contributed by atoms with Crippen LogP contribution in [0, 0.1) is 20.8 Å². The molecule has 0 bridgehead atoms. The molecule has 3 rings (SSSR count). The Bertz CT molecular complexity index is 1120. The van der Waals surface area contributed by atoms with Gasteiger partial charge in [-0.1, -0.05) is 0 Å². The summed E-state index contributed by atoms with van der Waals surface area (Å²) in [5.41, 5.74) is 3.66. The predicted octanol–water partition coefficient (Wildman–Crippen LogP) is 3.73. The zero-order chi connectivity index (χ0) is 22.7. The number of Topliss-reactive ketones (excluding diaryl/α,β-unsaturated/α-hetero) is 1. The van der Waals surface area contributed by atoms with Crippen LogP contribution in [-0.2, 0) is 9.47 Å². The van der Waals surface area contributed by atoms with Crippen molar-refractivity contribution in [3.63, 3.8) is 0 Å². The van der Waals surface area contributed by atoms with E-state index >= 15 is 0 Å². The number of nitrogens with zero attached hydrogens (tertiary/aromatic N) is 2. The van der Waals surface area contributed by atoms with Crippen LogP contribution in [-0.4, -0.2) is 45.2 Å². The molecule has 1 aromatic carbocycles. The van der Waals surface area contributed by atoms with E-state index < -0.39 is 23.8 Å². The normalized spacial score (nSPS) is 11.8. The first-order valence-corrected chi connectivity index (χ1v) is 9.97. The lowest BCUT2D eigenvalue weighted by Crippen LogP contribution is -2.25. The van der Waals surface area contributed by atoms with E-state index in [9.17, 15) is 14.4 Å². The van der Waals surface area contributed by atoms with E-state index in [4.69, 9.17) is 9.47 Å². The smallest absolute Gasteiger partial charge is 0.340 e. The van der Waals surface area contributed by atoms with Gasteiger partial charge in [0.05, 0.1) is 29.1 Å². The molecule has 0 fully saturated rings. The van der Waals surface area contributed by atoms with Crippen LogP contribution in [0.4, 0.5) is 0 Å². The Balaban J connectivity index is 1.73. The van der Waals surface area contributed by atoms with Crippen molar-refractivity contribution in [1.29, 1.82) is 0 Å². The van der Waals surface area contributed by atoms with Gasteiger partial charge in [0.15, 0.2) is 6.10 Å². The fourth-order valence-corrected chi connectivity index (χ4v) is 3.37. The highest BCUT2D eigenvalue weighted by Gasteiger charge is 2.27. The Hall–Kier alpha value is -3.68. The first-order valence-electron chi connectivity index (χ1n) is 9.97. The third-order valence-electron chi connectivity index (χ3n) is 5.00. The number of hydrogen-bond acceptors (Lipinski definition) is 6. The fraction of sp³-hybridized carbons (Fsp3) is 0.304. The minimum absolute atomic E-state index is 0.227. The summed E-state index contributed by atoms with van der Waals surface area (Å²) < 4.78 is 12.2. The van der Waals surface area contributed by atoms with Crippen molar-refractivity contribution >= 4 is 17.7 Å². The molecule has 2 aromatic heterocycles. The van der Waals surface area contributed by atoms with Gasteiger partial charge in [0.2, 0.25) is 5.78 Å². The van der Waals surface area contributed by atoms with Gasteiger partial charge < -0.3 is 14.5 Å². The molecular formula is C23H25N3O5. The lowest BCUT2D eigenvalue weighted by atomic mass is 10.1. The lowest BCUT2D eigenvalue weighted by Gasteiger charge is -2.13. The third kappa shape index (κ3) is 4.42. The van der Waals surface area contributed by atoms with Crippen LogP contribution in [0.25, 0.3) is 5.69 Å². The molecule has 0 aliphatic rings. The van der Waals surface area contributed by atoms with Gasteiger partial charge >= 0.3 is 11.9 Å². The maximum Gasteiger partial charge on any atom is 0.340 e. The number of hydrogen-bond donors (Lipinski definition) is 1. The van der Waals surface area contributed by atoms with Crippen molar-refractivity contribution in [1.82, 2.24) is 14.8 Å². The molecule has 8 nitrogen and oxygen atoms in total. The SMILES string of the molecule is CCOC(=O)c1c(C)[nH]c(C(=O)[C@H](C)OC(=O)c2ccc(-n3nccc3C)cc2)c1C. The van der Waals surface area contributed by atoms with E-state index in [1.54, 1.807) is 55.9 Å². The van der Waals surface area contributed by atoms with Gasteiger partial charge in [-0.15, -0.1) is 0 Å². The molecule has 1 atom stereocenters. The number of H-pyrrole nitrogens is 1. The highest BCUT2D eigenvalue weighted by atomic mass is 16.5. The van der Waals surface area contributed by atoms with Gasteiger partial charge in [0, 0.05) is 17.6 Å². The van der Waals surface area contributed by atoms with Crippen LogP contribution in [0.3, 0.4) is 0 Å². The molecule has 1 N–H and O–H groups in total. The van der Waals surface area contributed by atoms with Gasteiger partial charge in [0.25, 0.3) is 0 Å². The van der Waals surface area contributed by atoms with E-state index in [0.29, 0.717) is 22.4 Å². The summed E-state index contributed by atoms with van der Waals surface area (Å²) in [4.78, 5) is 40.4. The van der Waals surface area contributed by atoms with Crippen molar-refractivity contribution in [3.8, 4) is 5.69 Å². The molecular weight excluding hydrogens is 398 g/mol. The molecule has 0 saturated carbocycles. The van der Waals surface area contributed by atoms with Gasteiger partial charge in [-0.3, -0.25) is 4.79 Å². The van der Waals surface area contributed by atoms with Crippen molar-refractivity contribution < 1.29 is 23.9 Å². The minimum atomic E-state index is -1.03. The number of ether oxygens (including phenoxy) is 2. The number of nitrogens with one attached hydrogen (secondary N) is 1. The summed E-state index contributed by atoms with van der Waals surface area (Å²) in [6, 6.07) is 8.64. The minimum Gasteiger partial charge on any atom is -0.462 e. The van der Waals surface area contributed by atoms with Crippen molar-refractivity contribution in [2.45, 2.75) is 40.7 Å². The number of esters is 2. The van der Waals surface area contributed by atoms with Crippen LogP contribution in [0.15, 0.2) is 36.5 Å². The topological polar surface area (TPSA) is 103 Å². The second-order valence-corrected chi connectivity index (χ2v) is 7.19. The molecule has 0 aliphatic carbocycles. The predicted molar refractivity (Wildman–Crippen MR) is 114 cm³/mol. The summed E-state index contributed by atoms with van der Waals surface area (Å²) in [7, 11) is 0. The zero-order valence-electron chi connectivity index (χ0n) is 18.2. The third-order valence-corrected chi connectivity index (χ3v) is 5.00. The summed E-state index contributed by atoms with van der Waals surface area (Å²) in [5, 5.41) is 4.23. The van der Waals surface area contributed by atoms with E-state index in [2.05, 4.69) is 10.1 Å². The van der Waals surface area contributed by atoms with Gasteiger partial charge in [-0.05, 0) is 70.5 Å². The molecule has 162 valence electrons. The Morgan fingerprint density at radius 2 is 1.74 bits per heavy atom. The molecule has 0 spiro atoms. The highest BCUT2D eigenvalue weighted by Crippen LogP contribution is 2.21. The van der Waals surface area contributed by atoms with Crippen molar-refractivity contribution in [2.75, 3.05) is 6.61 Å². The van der Waals surface area contributed by atoms with Crippen LogP contribution in [0.5, 0.6) is 0 Å². The maximum atomic E-state index is 12.9. The summed E-state index contributed by atoms with van der Waals surface area (Å²) in [5.74, 6) is -1.53. The van der Waals surface area contributed by atoms with Crippen LogP contribution in [0.1, 0.15) is 62.0 Å². The quantitative estimate of drug-likeness (QED) is 0.459. The molecule has 0 amide bonds. The number of ketones is 1. The number of aromatic amines is 1. The first-order chi connectivity index (χ1) is 14.7. The number of carbonyl (C=O) groups is 3. The average Bonchev–Trinajstić information content (AvgIpc) is 3.30. The largest absolute Gasteiger partial charge is 0.462 e. The Labute approximate surface area is 180 Å². The monoisotopic (exact) mass is 423 g/mol. The molecule has 31 heavy (non-hydrogen) atoms. The van der Waals surface area contributed by atoms with Gasteiger partial charge in [-0.25, -0.2) is 14.3 Å². The van der Waals surface area contributed by atoms with E-state index in [1.807, 2.05) is 13.0 Å². The Morgan fingerprint density at radius 1 is 1.06 bits per heavy atom. The second-order valence-electron chi connectivity index (χ2n) is 7.19. The average molecular weight is 423 g/mol. The number of aromatic nitrogens is 3. The summed E-state index contributed by atoms with van der Waals surface area (Å²) >= 11 is 0. The molecule has 0 radical (unpaired) electrons. The van der Waals surface area contributed by atoms with E-state index in [-0.39, 0.29) is 12.3 Å². The molecule has 0 saturated heterocycles. The molecule has 3 aromatic rings. The maximum absolute atomic E-state index is 12.9. The molecule has 8 heteroatoms. The number of benzene rings is 1. The number of rotatable bonds is 7. The number of aryl methyl sites for hydroxylation is 2. The van der Waals surface area contributed by atoms with Crippen LogP contribution in [0.2, 0.25) is 0 Å². The fourth-order valence-electron chi connectivity index (χ4n) is 3.37. The van der Waals surface area contributed by atoms with E-state index in [1.165, 1.54) is 6.92 Å². The zero-order valence-corrected chi connectivity index (χ0v) is 18.2. The van der Waals surface area contributed by atoms with E-state index in [0.717, 1.165) is 11.4 Å². The summed E-state index contributed by atoms with van der Waals surface area (Å²) in [6.07, 6.45) is 0.662. The molecule has 0 aliphatic heterocycles. The number of carbonyl (C=O) groups excluding carboxylic acids is 3. The molecule has 0 unspecified atom stereocenters. The van der Waals surface area contributed by atoms with Crippen LogP contribution < -0.4 is 0 Å². The first kappa shape index (κ1) is 22.0. The molecule has 2 heterocycles.